The molecular formula is C12H14N2O3S2. The minimum atomic E-state index is -3.59. The van der Waals surface area contributed by atoms with E-state index in [4.69, 9.17) is 4.74 Å². The van der Waals surface area contributed by atoms with Crippen LogP contribution >= 0.6 is 11.3 Å². The summed E-state index contributed by atoms with van der Waals surface area (Å²) in [4.78, 5) is 5.09. The van der Waals surface area contributed by atoms with E-state index in [9.17, 15) is 8.42 Å². The number of aryl methyl sites for hydroxylation is 1. The first-order chi connectivity index (χ1) is 9.03. The summed E-state index contributed by atoms with van der Waals surface area (Å²) in [6.07, 6.45) is 1.67. The van der Waals surface area contributed by atoms with Gasteiger partial charge >= 0.3 is 0 Å². The van der Waals surface area contributed by atoms with Crippen molar-refractivity contribution in [2.75, 3.05) is 7.11 Å². The fraction of sp³-hybridized carbons (Fsp3) is 0.250. The number of rotatable bonds is 5. The number of sulfonamides is 1. The smallest absolute Gasteiger partial charge is 0.244 e. The fourth-order valence-electron chi connectivity index (χ4n) is 1.57. The molecule has 1 aromatic heterocycles. The third kappa shape index (κ3) is 3.31. The summed E-state index contributed by atoms with van der Waals surface area (Å²) >= 11 is 1.46. The topological polar surface area (TPSA) is 68.3 Å². The maximum Gasteiger partial charge on any atom is 0.244 e. The minimum absolute atomic E-state index is 0.138. The van der Waals surface area contributed by atoms with Gasteiger partial charge in [0, 0.05) is 17.6 Å². The second-order valence-corrected chi connectivity index (χ2v) is 6.88. The highest BCUT2D eigenvalue weighted by atomic mass is 32.2. The molecule has 0 aliphatic rings. The van der Waals surface area contributed by atoms with Gasteiger partial charge in [-0.1, -0.05) is 12.1 Å². The predicted octanol–water partition coefficient (Wildman–Crippen LogP) is 1.94. The lowest BCUT2D eigenvalue weighted by atomic mass is 10.3. The number of hydrogen-bond acceptors (Lipinski definition) is 5. The van der Waals surface area contributed by atoms with E-state index < -0.39 is 10.0 Å². The van der Waals surface area contributed by atoms with E-state index in [1.165, 1.54) is 24.5 Å². The van der Waals surface area contributed by atoms with Gasteiger partial charge in [-0.05, 0) is 19.1 Å². The van der Waals surface area contributed by atoms with Crippen molar-refractivity contribution >= 4 is 21.4 Å². The molecule has 0 saturated heterocycles. The SMILES string of the molecule is COc1ccccc1S(=O)(=O)NCc1cnc(C)s1. The molecule has 0 atom stereocenters. The van der Waals surface area contributed by atoms with Crippen molar-refractivity contribution in [2.45, 2.75) is 18.4 Å². The largest absolute Gasteiger partial charge is 0.495 e. The summed E-state index contributed by atoms with van der Waals surface area (Å²) in [7, 11) is -2.14. The van der Waals surface area contributed by atoms with Crippen LogP contribution in [0.25, 0.3) is 0 Å². The molecule has 0 aliphatic carbocycles. The number of thiazole rings is 1. The van der Waals surface area contributed by atoms with Gasteiger partial charge in [-0.2, -0.15) is 0 Å². The van der Waals surface area contributed by atoms with Crippen molar-refractivity contribution in [3.63, 3.8) is 0 Å². The van der Waals surface area contributed by atoms with Crippen molar-refractivity contribution in [1.29, 1.82) is 0 Å². The molecule has 0 saturated carbocycles. The highest BCUT2D eigenvalue weighted by Gasteiger charge is 2.18. The number of nitrogens with one attached hydrogen (secondary N) is 1. The monoisotopic (exact) mass is 298 g/mol. The summed E-state index contributed by atoms with van der Waals surface area (Å²) in [5.41, 5.74) is 0. The van der Waals surface area contributed by atoms with E-state index in [0.717, 1.165) is 9.88 Å². The van der Waals surface area contributed by atoms with Crippen LogP contribution in [0.15, 0.2) is 35.4 Å². The van der Waals surface area contributed by atoms with E-state index in [1.54, 1.807) is 24.4 Å². The molecule has 1 N–H and O–H groups in total. The van der Waals surface area contributed by atoms with Gasteiger partial charge in [0.15, 0.2) is 0 Å². The van der Waals surface area contributed by atoms with Crippen LogP contribution in [0, 0.1) is 6.92 Å². The second kappa shape index (κ2) is 5.68. The van der Waals surface area contributed by atoms with E-state index in [1.807, 2.05) is 6.92 Å². The maximum absolute atomic E-state index is 12.2. The first kappa shape index (κ1) is 14.0. The number of aromatic nitrogens is 1. The van der Waals surface area contributed by atoms with Gasteiger partial charge in [-0.15, -0.1) is 11.3 Å². The maximum atomic E-state index is 12.2. The molecule has 7 heteroatoms. The number of methoxy groups -OCH3 is 1. The normalized spacial score (nSPS) is 11.5. The average Bonchev–Trinajstić information content (AvgIpc) is 2.82. The molecule has 0 unspecified atom stereocenters. The lowest BCUT2D eigenvalue weighted by molar-refractivity contribution is 0.402. The summed E-state index contributed by atoms with van der Waals surface area (Å²) < 4.78 is 32.0. The number of benzene rings is 1. The fourth-order valence-corrected chi connectivity index (χ4v) is 3.57. The Morgan fingerprint density at radius 2 is 2.11 bits per heavy atom. The van der Waals surface area contributed by atoms with Crippen molar-refractivity contribution in [2.24, 2.45) is 0 Å². The van der Waals surface area contributed by atoms with E-state index in [2.05, 4.69) is 9.71 Å². The van der Waals surface area contributed by atoms with Gasteiger partial charge in [0.05, 0.1) is 12.1 Å². The molecule has 0 radical (unpaired) electrons. The Bertz CT molecular complexity index is 665. The minimum Gasteiger partial charge on any atom is -0.495 e. The van der Waals surface area contributed by atoms with Crippen LogP contribution in [0.1, 0.15) is 9.88 Å². The number of ether oxygens (including phenoxy) is 1. The Morgan fingerprint density at radius 3 is 2.74 bits per heavy atom. The Morgan fingerprint density at radius 1 is 1.37 bits per heavy atom. The molecule has 102 valence electrons. The lowest BCUT2D eigenvalue weighted by Crippen LogP contribution is -2.23. The van der Waals surface area contributed by atoms with Crippen LogP contribution < -0.4 is 9.46 Å². The van der Waals surface area contributed by atoms with E-state index >= 15 is 0 Å². The average molecular weight is 298 g/mol. The Hall–Kier alpha value is -1.44. The van der Waals surface area contributed by atoms with Crippen LogP contribution in [-0.2, 0) is 16.6 Å². The zero-order valence-corrected chi connectivity index (χ0v) is 12.2. The predicted molar refractivity (Wildman–Crippen MR) is 73.9 cm³/mol. The molecule has 1 aromatic carbocycles. The summed E-state index contributed by atoms with van der Waals surface area (Å²) in [5, 5.41) is 0.909. The first-order valence-electron chi connectivity index (χ1n) is 5.57. The molecule has 0 aliphatic heterocycles. The zero-order valence-electron chi connectivity index (χ0n) is 10.6. The third-order valence-electron chi connectivity index (χ3n) is 2.46. The molecule has 2 rings (SSSR count). The standard InChI is InChI=1S/C12H14N2O3S2/c1-9-13-7-10(18-9)8-14-19(15,16)12-6-4-3-5-11(12)17-2/h3-7,14H,8H2,1-2H3. The number of nitrogens with zero attached hydrogens (tertiary/aromatic N) is 1. The van der Waals surface area contributed by atoms with Crippen molar-refractivity contribution in [3.8, 4) is 5.75 Å². The van der Waals surface area contributed by atoms with Crippen molar-refractivity contribution in [3.05, 3.63) is 40.3 Å². The molecule has 2 aromatic rings. The van der Waals surface area contributed by atoms with Gasteiger partial charge in [-0.25, -0.2) is 18.1 Å². The van der Waals surface area contributed by atoms with Crippen LogP contribution in [0.4, 0.5) is 0 Å². The van der Waals surface area contributed by atoms with Crippen molar-refractivity contribution in [1.82, 2.24) is 9.71 Å². The molecule has 0 spiro atoms. The summed E-state index contributed by atoms with van der Waals surface area (Å²) in [5.74, 6) is 0.329. The molecule has 19 heavy (non-hydrogen) atoms. The van der Waals surface area contributed by atoms with Gasteiger partial charge in [0.2, 0.25) is 10.0 Å². The molecule has 0 fully saturated rings. The number of para-hydroxylation sites is 1. The quantitative estimate of drug-likeness (QED) is 0.916. The van der Waals surface area contributed by atoms with Gasteiger partial charge in [0.25, 0.3) is 0 Å². The summed E-state index contributed by atoms with van der Waals surface area (Å²) in [6.45, 7) is 2.11. The Balaban J connectivity index is 2.18. The van der Waals surface area contributed by atoms with Crippen molar-refractivity contribution < 1.29 is 13.2 Å². The molecule has 0 bridgehead atoms. The highest BCUT2D eigenvalue weighted by Crippen LogP contribution is 2.23. The zero-order chi connectivity index (χ0) is 13.9. The highest BCUT2D eigenvalue weighted by molar-refractivity contribution is 7.89. The lowest BCUT2D eigenvalue weighted by Gasteiger charge is -2.09. The van der Waals surface area contributed by atoms with Gasteiger partial charge in [0.1, 0.15) is 10.6 Å². The third-order valence-corrected chi connectivity index (χ3v) is 4.82. The first-order valence-corrected chi connectivity index (χ1v) is 7.87. The van der Waals surface area contributed by atoms with Crippen LogP contribution in [-0.4, -0.2) is 20.5 Å². The van der Waals surface area contributed by atoms with E-state index in [0.29, 0.717) is 5.75 Å². The Labute approximate surface area is 116 Å². The van der Waals surface area contributed by atoms with Crippen LogP contribution in [0.2, 0.25) is 0 Å². The molecular weight excluding hydrogens is 284 g/mol. The van der Waals surface area contributed by atoms with Gasteiger partial charge < -0.3 is 4.74 Å². The Kier molecular flexibility index (Phi) is 4.18. The van der Waals surface area contributed by atoms with E-state index in [-0.39, 0.29) is 11.4 Å². The van der Waals surface area contributed by atoms with Gasteiger partial charge in [-0.3, -0.25) is 0 Å². The molecule has 5 nitrogen and oxygen atoms in total. The second-order valence-electron chi connectivity index (χ2n) is 3.82. The number of hydrogen-bond donors (Lipinski definition) is 1. The molecule has 0 amide bonds. The summed E-state index contributed by atoms with van der Waals surface area (Å²) in [6, 6.07) is 6.52. The van der Waals surface area contributed by atoms with Crippen LogP contribution in [0.3, 0.4) is 0 Å². The molecule has 1 heterocycles. The van der Waals surface area contributed by atoms with Crippen LogP contribution in [0.5, 0.6) is 5.75 Å².